The molecule has 3 fully saturated rings. The van der Waals surface area contributed by atoms with Gasteiger partial charge in [-0.3, -0.25) is 9.69 Å². The summed E-state index contributed by atoms with van der Waals surface area (Å²) in [5.41, 5.74) is 0. The average molecular weight is 507 g/mol. The van der Waals surface area contributed by atoms with E-state index < -0.39 is 0 Å². The van der Waals surface area contributed by atoms with Gasteiger partial charge in [-0.25, -0.2) is 4.98 Å². The van der Waals surface area contributed by atoms with Crippen molar-refractivity contribution in [2.75, 3.05) is 56.1 Å². The number of carbonyl (C=O) groups excluding carboxylic acids is 1. The Hall–Kier alpha value is -2.87. The minimum Gasteiger partial charge on any atom is -0.484 e. The smallest absolute Gasteiger partial charge is 0.260 e. The summed E-state index contributed by atoms with van der Waals surface area (Å²) in [4.78, 5) is 29.2. The van der Waals surface area contributed by atoms with Crippen molar-refractivity contribution in [1.29, 1.82) is 0 Å². The first-order valence-electron chi connectivity index (χ1n) is 14.3. The van der Waals surface area contributed by atoms with E-state index >= 15 is 0 Å². The Labute approximate surface area is 221 Å². The zero-order valence-electron chi connectivity index (χ0n) is 22.1. The van der Waals surface area contributed by atoms with Gasteiger partial charge in [0.25, 0.3) is 5.91 Å². The Bertz CT molecular complexity index is 973. The third-order valence-corrected chi connectivity index (χ3v) is 8.05. The molecular formula is C29H42N6O2. The topological polar surface area (TPSA) is 73.8 Å². The van der Waals surface area contributed by atoms with E-state index in [0.29, 0.717) is 12.1 Å². The van der Waals surface area contributed by atoms with Crippen LogP contribution in [0, 0.1) is 0 Å². The number of aromatic nitrogens is 2. The fourth-order valence-electron chi connectivity index (χ4n) is 5.93. The van der Waals surface area contributed by atoms with Crippen LogP contribution in [0.1, 0.15) is 57.8 Å². The number of amides is 1. The number of para-hydroxylation sites is 1. The van der Waals surface area contributed by atoms with E-state index in [1.165, 1.54) is 38.5 Å². The number of hydrogen-bond donors (Lipinski definition) is 1. The quantitative estimate of drug-likeness (QED) is 0.604. The van der Waals surface area contributed by atoms with Crippen molar-refractivity contribution in [2.45, 2.75) is 69.9 Å². The van der Waals surface area contributed by atoms with Crippen molar-refractivity contribution in [2.24, 2.45) is 0 Å². The molecule has 3 aliphatic rings. The Morgan fingerprint density at radius 2 is 1.65 bits per heavy atom. The predicted octanol–water partition coefficient (Wildman–Crippen LogP) is 4.19. The van der Waals surface area contributed by atoms with Gasteiger partial charge in [0.05, 0.1) is 0 Å². The molecule has 3 saturated heterocycles. The van der Waals surface area contributed by atoms with E-state index in [2.05, 4.69) is 26.2 Å². The standard InChI is InChI=1S/C29H42N6O2/c36-28(23-37-26-11-4-3-5-12-26)34-20-14-25(15-21-34)35-19-9-6-10-24(22-35)31-29-30-16-13-27(32-29)33-17-7-1-2-8-18-33/h3-5,11-13,16,24-25H,1-2,6-10,14-15,17-23H2,(H,30,31,32). The molecular weight excluding hydrogens is 464 g/mol. The van der Waals surface area contributed by atoms with Gasteiger partial charge in [0.15, 0.2) is 6.61 Å². The molecule has 37 heavy (non-hydrogen) atoms. The number of anilines is 2. The van der Waals surface area contributed by atoms with Crippen LogP contribution in [0.3, 0.4) is 0 Å². The van der Waals surface area contributed by atoms with E-state index in [1.54, 1.807) is 0 Å². The molecule has 0 spiro atoms. The molecule has 3 aliphatic heterocycles. The molecule has 4 heterocycles. The molecule has 2 aromatic rings. The lowest BCUT2D eigenvalue weighted by Gasteiger charge is -2.39. The van der Waals surface area contributed by atoms with E-state index in [9.17, 15) is 4.79 Å². The van der Waals surface area contributed by atoms with Crippen molar-refractivity contribution in [3.63, 3.8) is 0 Å². The van der Waals surface area contributed by atoms with Crippen molar-refractivity contribution < 1.29 is 9.53 Å². The highest BCUT2D eigenvalue weighted by molar-refractivity contribution is 5.77. The molecule has 0 bridgehead atoms. The first kappa shape index (κ1) is 25.8. The molecule has 1 amide bonds. The summed E-state index contributed by atoms with van der Waals surface area (Å²) in [5, 5.41) is 3.67. The Kier molecular flexibility index (Phi) is 9.11. The van der Waals surface area contributed by atoms with Crippen molar-refractivity contribution in [3.05, 3.63) is 42.6 Å². The lowest BCUT2D eigenvalue weighted by molar-refractivity contribution is -0.135. The van der Waals surface area contributed by atoms with E-state index in [-0.39, 0.29) is 12.5 Å². The number of rotatable bonds is 7. The number of nitrogens with one attached hydrogen (secondary N) is 1. The fraction of sp³-hybridized carbons (Fsp3) is 0.621. The summed E-state index contributed by atoms with van der Waals surface area (Å²) in [6.45, 7) is 6.03. The second kappa shape index (κ2) is 13.1. The summed E-state index contributed by atoms with van der Waals surface area (Å²) in [7, 11) is 0. The molecule has 200 valence electrons. The van der Waals surface area contributed by atoms with Crippen molar-refractivity contribution in [1.82, 2.24) is 19.8 Å². The van der Waals surface area contributed by atoms with Gasteiger partial charge in [-0.05, 0) is 63.3 Å². The van der Waals surface area contributed by atoms with Crippen LogP contribution in [-0.4, -0.2) is 83.6 Å². The van der Waals surface area contributed by atoms with Gasteiger partial charge < -0.3 is 19.9 Å². The zero-order valence-corrected chi connectivity index (χ0v) is 22.1. The van der Waals surface area contributed by atoms with Crippen molar-refractivity contribution in [3.8, 4) is 5.75 Å². The third-order valence-electron chi connectivity index (χ3n) is 8.05. The molecule has 0 aliphatic carbocycles. The Morgan fingerprint density at radius 3 is 2.43 bits per heavy atom. The number of likely N-dealkylation sites (tertiary alicyclic amines) is 2. The number of benzene rings is 1. The summed E-state index contributed by atoms with van der Waals surface area (Å²) in [6, 6.07) is 12.5. The molecule has 1 aromatic heterocycles. The minimum atomic E-state index is 0.0825. The maximum absolute atomic E-state index is 12.7. The minimum absolute atomic E-state index is 0.0825. The molecule has 5 rings (SSSR count). The van der Waals surface area contributed by atoms with Crippen molar-refractivity contribution >= 4 is 17.7 Å². The zero-order chi connectivity index (χ0) is 25.3. The van der Waals surface area contributed by atoms with Gasteiger partial charge in [-0.15, -0.1) is 0 Å². The first-order chi connectivity index (χ1) is 18.2. The van der Waals surface area contributed by atoms with Gasteiger partial charge >= 0.3 is 0 Å². The molecule has 8 heteroatoms. The number of ether oxygens (including phenoxy) is 1. The van der Waals surface area contributed by atoms with E-state index in [4.69, 9.17) is 9.72 Å². The van der Waals surface area contributed by atoms with Crippen LogP contribution >= 0.6 is 0 Å². The Morgan fingerprint density at radius 1 is 0.892 bits per heavy atom. The van der Waals surface area contributed by atoms with Gasteiger partial charge in [0.2, 0.25) is 5.95 Å². The van der Waals surface area contributed by atoms with Crippen LogP contribution in [0.2, 0.25) is 0 Å². The third kappa shape index (κ3) is 7.34. The number of piperidine rings is 1. The van der Waals surface area contributed by atoms with Crippen LogP contribution in [0.25, 0.3) is 0 Å². The number of hydrogen-bond acceptors (Lipinski definition) is 7. The maximum Gasteiger partial charge on any atom is 0.260 e. The number of nitrogens with zero attached hydrogens (tertiary/aromatic N) is 5. The highest BCUT2D eigenvalue weighted by Crippen LogP contribution is 2.23. The summed E-state index contributed by atoms with van der Waals surface area (Å²) < 4.78 is 5.68. The largest absolute Gasteiger partial charge is 0.484 e. The predicted molar refractivity (Wildman–Crippen MR) is 147 cm³/mol. The second-order valence-corrected chi connectivity index (χ2v) is 10.7. The van der Waals surface area contributed by atoms with Gasteiger partial charge in [-0.2, -0.15) is 4.98 Å². The molecule has 1 aromatic carbocycles. The highest BCUT2D eigenvalue weighted by atomic mass is 16.5. The maximum atomic E-state index is 12.7. The average Bonchev–Trinajstić information content (AvgIpc) is 3.36. The lowest BCUT2D eigenvalue weighted by atomic mass is 10.0. The number of carbonyl (C=O) groups is 1. The SMILES string of the molecule is O=C(COc1ccccc1)N1CCC(N2CCCCC(Nc3nccc(N4CCCCCC4)n3)C2)CC1. The molecule has 0 radical (unpaired) electrons. The molecule has 1 unspecified atom stereocenters. The van der Waals surface area contributed by atoms with Gasteiger partial charge in [0.1, 0.15) is 11.6 Å². The summed E-state index contributed by atoms with van der Waals surface area (Å²) in [5.74, 6) is 2.64. The van der Waals surface area contributed by atoms with Gasteiger partial charge in [-0.1, -0.05) is 37.5 Å². The summed E-state index contributed by atoms with van der Waals surface area (Å²) in [6.07, 6.45) is 12.6. The molecule has 1 atom stereocenters. The van der Waals surface area contributed by atoms with Crippen LogP contribution in [0.15, 0.2) is 42.6 Å². The van der Waals surface area contributed by atoms with Gasteiger partial charge in [0, 0.05) is 51.0 Å². The highest BCUT2D eigenvalue weighted by Gasteiger charge is 2.30. The molecule has 8 nitrogen and oxygen atoms in total. The van der Waals surface area contributed by atoms with E-state index in [0.717, 1.165) is 76.0 Å². The second-order valence-electron chi connectivity index (χ2n) is 10.7. The normalized spacial score (nSPS) is 22.2. The summed E-state index contributed by atoms with van der Waals surface area (Å²) >= 11 is 0. The monoisotopic (exact) mass is 506 g/mol. The van der Waals surface area contributed by atoms with Crippen LogP contribution in [0.5, 0.6) is 5.75 Å². The molecule has 1 N–H and O–H groups in total. The lowest BCUT2D eigenvalue weighted by Crippen LogP contribution is -2.49. The first-order valence-corrected chi connectivity index (χ1v) is 14.3. The van der Waals surface area contributed by atoms with E-state index in [1.807, 2.05) is 41.4 Å². The fourth-order valence-corrected chi connectivity index (χ4v) is 5.93. The van der Waals surface area contributed by atoms with Crippen LogP contribution < -0.4 is 15.0 Å². The Balaban J connectivity index is 1.11. The molecule has 0 saturated carbocycles. The van der Waals surface area contributed by atoms with Crippen LogP contribution in [0.4, 0.5) is 11.8 Å². The van der Waals surface area contributed by atoms with Crippen LogP contribution in [-0.2, 0) is 4.79 Å².